The first-order chi connectivity index (χ1) is 23.7. The number of nitrogens with zero attached hydrogens (tertiary/aromatic N) is 1. The van der Waals surface area contributed by atoms with Crippen molar-refractivity contribution in [3.05, 3.63) is 12.7 Å². The van der Waals surface area contributed by atoms with E-state index in [1.54, 1.807) is 25.7 Å². The van der Waals surface area contributed by atoms with E-state index in [4.69, 9.17) is 0 Å². The molecule has 1 aliphatic heterocycles. The highest BCUT2D eigenvalue weighted by atomic mass is 32.2. The molecule has 5 amide bonds. The molecule has 0 aromatic heterocycles. The third kappa shape index (κ3) is 8.82. The van der Waals surface area contributed by atoms with Gasteiger partial charge in [-0.2, -0.15) is 0 Å². The number of sulfone groups is 1. The number of urea groups is 1. The Morgan fingerprint density at radius 3 is 2.12 bits per heavy atom. The Hall–Kier alpha value is -2.96. The number of carbonyl (C=O) groups is 5. The molecule has 0 radical (unpaired) electrons. The molecule has 4 rings (SSSR count). The van der Waals surface area contributed by atoms with Gasteiger partial charge in [0.25, 0.3) is 5.91 Å². The number of unbranched alkanes of at least 4 members (excludes halogenated alkanes) is 1. The highest BCUT2D eigenvalue weighted by molar-refractivity contribution is 7.92. The van der Waals surface area contributed by atoms with Gasteiger partial charge in [-0.25, -0.2) is 13.2 Å². The van der Waals surface area contributed by atoms with Crippen molar-refractivity contribution in [3.8, 4) is 0 Å². The van der Waals surface area contributed by atoms with E-state index < -0.39 is 67.3 Å². The Bertz CT molecular complexity index is 1460. The molecule has 0 aromatic carbocycles. The zero-order valence-electron chi connectivity index (χ0n) is 32.0. The lowest BCUT2D eigenvalue weighted by Crippen LogP contribution is -2.64. The number of nitrogens with one attached hydrogen (secondary N) is 4. The average Bonchev–Trinajstić information content (AvgIpc) is 3.42. The summed E-state index contributed by atoms with van der Waals surface area (Å²) in [6, 6.07) is -3.43. The molecule has 1 heterocycles. The molecule has 1 unspecified atom stereocenters. The summed E-state index contributed by atoms with van der Waals surface area (Å²) in [7, 11) is -3.56. The van der Waals surface area contributed by atoms with Gasteiger partial charge in [0.05, 0.1) is 22.1 Å². The zero-order chi connectivity index (χ0) is 38.0. The number of rotatable bonds is 15. The van der Waals surface area contributed by atoms with Crippen LogP contribution < -0.4 is 21.3 Å². The lowest BCUT2D eigenvalue weighted by molar-refractivity contribution is -0.145. The molecule has 4 N–H and O–H groups in total. The molecule has 0 bridgehead atoms. The monoisotopic (exact) mass is 733 g/mol. The van der Waals surface area contributed by atoms with E-state index >= 15 is 0 Å². The number of likely N-dealkylation sites (tertiary alicyclic amines) is 1. The van der Waals surface area contributed by atoms with Gasteiger partial charge in [0.2, 0.25) is 17.6 Å². The van der Waals surface area contributed by atoms with Crippen LogP contribution in [0, 0.1) is 22.7 Å². The van der Waals surface area contributed by atoms with Gasteiger partial charge in [0, 0.05) is 13.1 Å². The molecule has 288 valence electrons. The number of fused-ring (bicyclic) bond motifs is 1. The van der Waals surface area contributed by atoms with Crippen LogP contribution in [0.2, 0.25) is 0 Å². The van der Waals surface area contributed by atoms with E-state index in [2.05, 4.69) is 41.7 Å². The summed E-state index contributed by atoms with van der Waals surface area (Å²) in [5.41, 5.74) is -1.72. The van der Waals surface area contributed by atoms with Crippen molar-refractivity contribution >= 4 is 39.4 Å². The molecule has 3 saturated carbocycles. The molecule has 1 saturated heterocycles. The molecule has 51 heavy (non-hydrogen) atoms. The Labute approximate surface area is 305 Å². The second-order valence-electron chi connectivity index (χ2n) is 17.6. The summed E-state index contributed by atoms with van der Waals surface area (Å²) >= 11 is 0. The first-order valence-electron chi connectivity index (χ1n) is 19.1. The maximum atomic E-state index is 14.8. The molecule has 0 spiro atoms. The number of piperidine rings is 1. The van der Waals surface area contributed by atoms with Crippen molar-refractivity contribution in [2.75, 3.05) is 18.8 Å². The summed E-state index contributed by atoms with van der Waals surface area (Å²) in [6.07, 6.45) is 9.96. The molecule has 12 nitrogen and oxygen atoms in total. The summed E-state index contributed by atoms with van der Waals surface area (Å²) in [4.78, 5) is 70.4. The van der Waals surface area contributed by atoms with Gasteiger partial charge in [0.1, 0.15) is 12.1 Å². The first kappa shape index (κ1) is 40.8. The molecule has 13 heteroatoms. The van der Waals surface area contributed by atoms with E-state index in [-0.39, 0.29) is 41.9 Å². The maximum Gasteiger partial charge on any atom is 0.315 e. The molecule has 5 atom stereocenters. The van der Waals surface area contributed by atoms with Crippen LogP contribution in [0.15, 0.2) is 12.7 Å². The van der Waals surface area contributed by atoms with Crippen LogP contribution in [0.1, 0.15) is 126 Å². The van der Waals surface area contributed by atoms with Gasteiger partial charge in [-0.3, -0.25) is 19.2 Å². The third-order valence-corrected chi connectivity index (χ3v) is 15.2. The second kappa shape index (κ2) is 15.6. The third-order valence-electron chi connectivity index (χ3n) is 12.4. The number of hydrogen-bond acceptors (Lipinski definition) is 7. The van der Waals surface area contributed by atoms with Crippen LogP contribution in [-0.2, 0) is 29.0 Å². The largest absolute Gasteiger partial charge is 0.346 e. The van der Waals surface area contributed by atoms with Crippen LogP contribution >= 0.6 is 0 Å². The van der Waals surface area contributed by atoms with E-state index in [1.807, 2.05) is 13.8 Å². The fraction of sp³-hybridized carbons (Fsp3) is 0.816. The average molecular weight is 734 g/mol. The van der Waals surface area contributed by atoms with E-state index in [1.165, 1.54) is 6.08 Å². The number of amides is 5. The number of hydrogen-bond donors (Lipinski definition) is 4. The molecule has 4 aliphatic rings. The van der Waals surface area contributed by atoms with Crippen LogP contribution in [-0.4, -0.2) is 90.1 Å². The smallest absolute Gasteiger partial charge is 0.315 e. The molecule has 0 aromatic rings. The van der Waals surface area contributed by atoms with Gasteiger partial charge < -0.3 is 26.2 Å². The maximum absolute atomic E-state index is 14.8. The first-order valence-corrected chi connectivity index (χ1v) is 20.7. The lowest BCUT2D eigenvalue weighted by Gasteiger charge is -2.42. The standard InChI is InChI=1S/C38H63N5O7S/c1-9-11-17-26(29(44)32(46)39-22-10-2)40-31(45)28-27-25(36(27,6)7)23-43(28)33(47)30(37(8)18-15-16-19-37)41-34(48)42-38(20-13-12-14-21-38)24-51(49,50)35(3,4)5/h10,25-28,30H,2,9,11-24H2,1,3-8H3,(H,39,46)(H,40,45)(H2,41,42,48)/t25-,26?,27-,28-,30+/m0/s1. The van der Waals surface area contributed by atoms with Crippen molar-refractivity contribution in [2.45, 2.75) is 154 Å². The predicted octanol–water partition coefficient (Wildman–Crippen LogP) is 4.18. The van der Waals surface area contributed by atoms with Gasteiger partial charge >= 0.3 is 6.03 Å². The van der Waals surface area contributed by atoms with Crippen LogP contribution in [0.5, 0.6) is 0 Å². The summed E-state index contributed by atoms with van der Waals surface area (Å²) in [5, 5.41) is 11.4. The number of Topliss-reactive ketones (excluding diaryl/α,β-unsaturated/α-hetero) is 1. The zero-order valence-corrected chi connectivity index (χ0v) is 32.8. The Kier molecular flexibility index (Phi) is 12.5. The van der Waals surface area contributed by atoms with Crippen LogP contribution in [0.4, 0.5) is 4.79 Å². The van der Waals surface area contributed by atoms with Gasteiger partial charge in [0.15, 0.2) is 9.84 Å². The highest BCUT2D eigenvalue weighted by Crippen LogP contribution is 2.65. The van der Waals surface area contributed by atoms with Gasteiger partial charge in [-0.15, -0.1) is 6.58 Å². The van der Waals surface area contributed by atoms with Crippen molar-refractivity contribution in [3.63, 3.8) is 0 Å². The number of ketones is 1. The highest BCUT2D eigenvalue weighted by Gasteiger charge is 2.70. The molecular formula is C38H63N5O7S. The second-order valence-corrected chi connectivity index (χ2v) is 20.3. The summed E-state index contributed by atoms with van der Waals surface area (Å²) in [6.45, 7) is 17.1. The van der Waals surface area contributed by atoms with Crippen molar-refractivity contribution in [1.82, 2.24) is 26.2 Å². The quantitative estimate of drug-likeness (QED) is 0.145. The van der Waals surface area contributed by atoms with Crippen LogP contribution in [0.3, 0.4) is 0 Å². The van der Waals surface area contributed by atoms with Crippen molar-refractivity contribution in [2.24, 2.45) is 22.7 Å². The SMILES string of the molecule is C=CCNC(=O)C(=O)C(CCCC)NC(=O)[C@@H]1[C@@H]2[C@H](CN1C(=O)[C@@H](NC(=O)NC1(CS(=O)(=O)C(C)(C)C)CCCCC1)C1(C)CCCC1)C2(C)C. The van der Waals surface area contributed by atoms with Gasteiger partial charge in [-0.05, 0) is 75.5 Å². The van der Waals surface area contributed by atoms with Gasteiger partial charge in [-0.1, -0.05) is 78.7 Å². The van der Waals surface area contributed by atoms with E-state index in [0.717, 1.165) is 38.5 Å². The minimum absolute atomic E-state index is 0.0665. The van der Waals surface area contributed by atoms with E-state index in [0.29, 0.717) is 38.6 Å². The Balaban J connectivity index is 1.60. The van der Waals surface area contributed by atoms with Crippen molar-refractivity contribution < 1.29 is 32.4 Å². The Morgan fingerprint density at radius 1 is 0.941 bits per heavy atom. The molecule has 3 aliphatic carbocycles. The number of carbonyl (C=O) groups excluding carboxylic acids is 5. The molecular weight excluding hydrogens is 671 g/mol. The minimum atomic E-state index is -3.56. The molecule has 4 fully saturated rings. The minimum Gasteiger partial charge on any atom is -0.346 e. The fourth-order valence-corrected chi connectivity index (χ4v) is 10.4. The van der Waals surface area contributed by atoms with E-state index in [9.17, 15) is 32.4 Å². The predicted molar refractivity (Wildman–Crippen MR) is 197 cm³/mol. The van der Waals surface area contributed by atoms with Crippen molar-refractivity contribution in [1.29, 1.82) is 0 Å². The van der Waals surface area contributed by atoms with Crippen LogP contribution in [0.25, 0.3) is 0 Å². The summed E-state index contributed by atoms with van der Waals surface area (Å²) < 4.78 is 25.8. The Morgan fingerprint density at radius 2 is 1.55 bits per heavy atom. The summed E-state index contributed by atoms with van der Waals surface area (Å²) in [5.74, 6) is -2.60. The normalized spacial score (nSPS) is 25.9. The lowest BCUT2D eigenvalue weighted by atomic mass is 9.79. The topological polar surface area (TPSA) is 171 Å². The fourth-order valence-electron chi connectivity index (χ4n) is 8.85.